The molecule has 4 aromatic rings. The molecule has 0 fully saturated rings. The molecule has 1 aliphatic rings. The van der Waals surface area contributed by atoms with Crippen molar-refractivity contribution >= 4 is 35.0 Å². The second-order valence-corrected chi connectivity index (χ2v) is 10.1. The number of ether oxygens (including phenoxy) is 2. The predicted molar refractivity (Wildman–Crippen MR) is 149 cm³/mol. The molecule has 2 heterocycles. The quantitative estimate of drug-likeness (QED) is 0.306. The lowest BCUT2D eigenvalue weighted by Crippen LogP contribution is -2.39. The van der Waals surface area contributed by atoms with Crippen molar-refractivity contribution in [1.29, 1.82) is 0 Å². The molecule has 0 amide bonds. The monoisotopic (exact) mass is 544 g/mol. The van der Waals surface area contributed by atoms with E-state index >= 15 is 0 Å². The molecule has 38 heavy (non-hydrogen) atoms. The number of carbonyl (C=O) groups is 1. The van der Waals surface area contributed by atoms with Crippen LogP contribution in [0.3, 0.4) is 0 Å². The van der Waals surface area contributed by atoms with E-state index in [1.807, 2.05) is 84.9 Å². The van der Waals surface area contributed by atoms with Crippen molar-refractivity contribution in [3.8, 4) is 5.75 Å². The molecule has 0 saturated carbocycles. The Bertz CT molecular complexity index is 1670. The van der Waals surface area contributed by atoms with E-state index in [1.54, 1.807) is 18.4 Å². The Morgan fingerprint density at radius 2 is 1.76 bits per heavy atom. The first-order valence-corrected chi connectivity index (χ1v) is 13.4. The topological polar surface area (TPSA) is 69.9 Å². The Balaban J connectivity index is 1.47. The van der Waals surface area contributed by atoms with E-state index in [0.717, 1.165) is 22.4 Å². The second kappa shape index (κ2) is 11.2. The van der Waals surface area contributed by atoms with Crippen LogP contribution in [0.25, 0.3) is 6.08 Å². The minimum absolute atomic E-state index is 0.208. The van der Waals surface area contributed by atoms with Crippen LogP contribution in [-0.4, -0.2) is 17.1 Å². The van der Waals surface area contributed by atoms with Gasteiger partial charge in [0.2, 0.25) is 0 Å². The van der Waals surface area contributed by atoms with Crippen molar-refractivity contribution in [3.05, 3.63) is 132 Å². The van der Waals surface area contributed by atoms with Crippen molar-refractivity contribution < 1.29 is 14.3 Å². The van der Waals surface area contributed by atoms with E-state index in [1.165, 1.54) is 11.3 Å². The summed E-state index contributed by atoms with van der Waals surface area (Å²) in [5.74, 6) is 0.253. The third-order valence-electron chi connectivity index (χ3n) is 6.13. The summed E-state index contributed by atoms with van der Waals surface area (Å²) in [6.07, 6.45) is 1.83. The Labute approximate surface area is 228 Å². The van der Waals surface area contributed by atoms with Crippen LogP contribution < -0.4 is 19.6 Å². The molecule has 0 radical (unpaired) electrons. The van der Waals surface area contributed by atoms with Gasteiger partial charge in [-0.05, 0) is 60.9 Å². The zero-order valence-corrected chi connectivity index (χ0v) is 22.5. The number of rotatable bonds is 7. The van der Waals surface area contributed by atoms with Gasteiger partial charge in [-0.25, -0.2) is 9.79 Å². The highest BCUT2D eigenvalue weighted by molar-refractivity contribution is 7.07. The molecule has 0 unspecified atom stereocenters. The van der Waals surface area contributed by atoms with Gasteiger partial charge in [0.1, 0.15) is 12.4 Å². The molecule has 0 spiro atoms. The van der Waals surface area contributed by atoms with E-state index in [9.17, 15) is 9.59 Å². The van der Waals surface area contributed by atoms with Crippen molar-refractivity contribution in [3.63, 3.8) is 0 Å². The molecule has 192 valence electrons. The van der Waals surface area contributed by atoms with Gasteiger partial charge in [-0.15, -0.1) is 0 Å². The maximum atomic E-state index is 13.7. The van der Waals surface area contributed by atoms with Crippen LogP contribution in [-0.2, 0) is 16.1 Å². The van der Waals surface area contributed by atoms with Gasteiger partial charge < -0.3 is 9.47 Å². The van der Waals surface area contributed by atoms with Crippen molar-refractivity contribution in [2.75, 3.05) is 6.61 Å². The molecule has 3 aromatic carbocycles. The molecule has 0 aliphatic carbocycles. The lowest BCUT2D eigenvalue weighted by Gasteiger charge is -2.24. The Morgan fingerprint density at radius 3 is 2.45 bits per heavy atom. The van der Waals surface area contributed by atoms with E-state index < -0.39 is 12.0 Å². The molecular formula is C30H25ClN2O4S. The van der Waals surface area contributed by atoms with Crippen LogP contribution in [0.5, 0.6) is 5.75 Å². The molecule has 1 atom stereocenters. The number of allylic oxidation sites excluding steroid dienone is 1. The summed E-state index contributed by atoms with van der Waals surface area (Å²) in [5, 5.41) is 0.686. The Hall–Kier alpha value is -3.94. The molecule has 1 aliphatic heterocycles. The summed E-state index contributed by atoms with van der Waals surface area (Å²) < 4.78 is 13.3. The summed E-state index contributed by atoms with van der Waals surface area (Å²) >= 11 is 7.24. The summed E-state index contributed by atoms with van der Waals surface area (Å²) in [4.78, 5) is 31.7. The molecule has 5 rings (SSSR count). The first kappa shape index (κ1) is 25.7. The van der Waals surface area contributed by atoms with Crippen LogP contribution in [0.15, 0.2) is 99.9 Å². The van der Waals surface area contributed by atoms with Crippen LogP contribution >= 0.6 is 22.9 Å². The number of aromatic nitrogens is 1. The molecule has 0 bridgehead atoms. The smallest absolute Gasteiger partial charge is 0.338 e. The highest BCUT2D eigenvalue weighted by atomic mass is 35.5. The Morgan fingerprint density at radius 1 is 1.05 bits per heavy atom. The number of halogens is 1. The van der Waals surface area contributed by atoms with Gasteiger partial charge >= 0.3 is 5.97 Å². The summed E-state index contributed by atoms with van der Waals surface area (Å²) in [6, 6.07) is 23.9. The Kier molecular flexibility index (Phi) is 7.58. The van der Waals surface area contributed by atoms with E-state index in [-0.39, 0.29) is 12.2 Å². The van der Waals surface area contributed by atoms with Crippen molar-refractivity contribution in [2.24, 2.45) is 4.99 Å². The molecule has 6 nitrogen and oxygen atoms in total. The van der Waals surface area contributed by atoms with Crippen LogP contribution in [0.1, 0.15) is 36.6 Å². The number of hydrogen-bond acceptors (Lipinski definition) is 6. The summed E-state index contributed by atoms with van der Waals surface area (Å²) in [7, 11) is 0. The summed E-state index contributed by atoms with van der Waals surface area (Å²) in [6.45, 7) is 4.20. The molecule has 0 N–H and O–H groups in total. The average molecular weight is 545 g/mol. The zero-order chi connectivity index (χ0) is 26.6. The largest absolute Gasteiger partial charge is 0.489 e. The average Bonchev–Trinajstić information content (AvgIpc) is 3.23. The number of esters is 1. The van der Waals surface area contributed by atoms with E-state index in [0.29, 0.717) is 32.2 Å². The number of benzene rings is 3. The highest BCUT2D eigenvalue weighted by Crippen LogP contribution is 2.30. The summed E-state index contributed by atoms with van der Waals surface area (Å²) in [5.41, 5.74) is 3.41. The lowest BCUT2D eigenvalue weighted by molar-refractivity contribution is -0.139. The fraction of sp³-hybridized carbons (Fsp3) is 0.167. The normalized spacial score (nSPS) is 15.1. The number of hydrogen-bond donors (Lipinski definition) is 0. The van der Waals surface area contributed by atoms with Crippen LogP contribution in [0, 0.1) is 0 Å². The van der Waals surface area contributed by atoms with Gasteiger partial charge in [-0.1, -0.05) is 77.5 Å². The van der Waals surface area contributed by atoms with Gasteiger partial charge in [-0.3, -0.25) is 9.36 Å². The SMILES string of the molecule is CCOC(=O)C1=C(C)N=c2s/c(=C\c3ccc(OCc4ccc(Cl)cc4)cc3)c(=O)n2[C@@H]1c1ccccc1. The zero-order valence-electron chi connectivity index (χ0n) is 20.9. The second-order valence-electron chi connectivity index (χ2n) is 8.70. The van der Waals surface area contributed by atoms with Gasteiger partial charge in [-0.2, -0.15) is 0 Å². The maximum Gasteiger partial charge on any atom is 0.338 e. The van der Waals surface area contributed by atoms with Gasteiger partial charge in [0.05, 0.1) is 28.5 Å². The first-order valence-electron chi connectivity index (χ1n) is 12.2. The van der Waals surface area contributed by atoms with Crippen molar-refractivity contribution in [2.45, 2.75) is 26.5 Å². The fourth-order valence-corrected chi connectivity index (χ4v) is 5.47. The third kappa shape index (κ3) is 5.35. The molecule has 0 saturated heterocycles. The number of thiazole rings is 1. The fourth-order valence-electron chi connectivity index (χ4n) is 4.30. The lowest BCUT2D eigenvalue weighted by atomic mass is 9.96. The van der Waals surface area contributed by atoms with Crippen molar-refractivity contribution in [1.82, 2.24) is 4.57 Å². The highest BCUT2D eigenvalue weighted by Gasteiger charge is 2.33. The minimum Gasteiger partial charge on any atom is -0.489 e. The first-order chi connectivity index (χ1) is 18.4. The van der Waals surface area contributed by atoms with Crippen LogP contribution in [0.4, 0.5) is 0 Å². The third-order valence-corrected chi connectivity index (χ3v) is 7.36. The number of fused-ring (bicyclic) bond motifs is 1. The molecular weight excluding hydrogens is 520 g/mol. The van der Waals surface area contributed by atoms with Gasteiger partial charge in [0, 0.05) is 5.02 Å². The molecule has 1 aromatic heterocycles. The predicted octanol–water partition coefficient (Wildman–Crippen LogP) is 5.03. The van der Waals surface area contributed by atoms with E-state index in [4.69, 9.17) is 21.1 Å². The maximum absolute atomic E-state index is 13.7. The standard InChI is InChI=1S/C30H25ClN2O4S/c1-3-36-29(35)26-19(2)32-30-33(27(26)22-7-5-4-6-8-22)28(34)25(38-30)17-20-11-15-24(16-12-20)37-18-21-9-13-23(31)14-10-21/h4-17,27H,3,18H2,1-2H3/b25-17-/t27-/m1/s1. The van der Waals surface area contributed by atoms with Crippen LogP contribution in [0.2, 0.25) is 5.02 Å². The van der Waals surface area contributed by atoms with Gasteiger partial charge in [0.25, 0.3) is 5.56 Å². The number of carbonyl (C=O) groups excluding carboxylic acids is 1. The number of nitrogens with zero attached hydrogens (tertiary/aromatic N) is 2. The van der Waals surface area contributed by atoms with Gasteiger partial charge in [0.15, 0.2) is 4.80 Å². The molecule has 8 heteroatoms. The minimum atomic E-state index is -0.614. The van der Waals surface area contributed by atoms with E-state index in [2.05, 4.69) is 4.99 Å².